The van der Waals surface area contributed by atoms with Gasteiger partial charge in [-0.3, -0.25) is 4.68 Å². The van der Waals surface area contributed by atoms with Crippen LogP contribution in [0.25, 0.3) is 0 Å². The van der Waals surface area contributed by atoms with E-state index in [4.69, 9.17) is 4.74 Å². The molecule has 90 valence electrons. The molecule has 1 unspecified atom stereocenters. The first-order chi connectivity index (χ1) is 8.15. The lowest BCUT2D eigenvalue weighted by Gasteiger charge is -2.07. The summed E-state index contributed by atoms with van der Waals surface area (Å²) in [5.41, 5.74) is 1.92. The van der Waals surface area contributed by atoms with Gasteiger partial charge in [0, 0.05) is 18.8 Å². The van der Waals surface area contributed by atoms with Crippen molar-refractivity contribution in [3.8, 4) is 5.75 Å². The molecule has 0 aliphatic rings. The van der Waals surface area contributed by atoms with Crippen LogP contribution in [0.1, 0.15) is 24.2 Å². The number of ether oxygens (including phenoxy) is 1. The van der Waals surface area contributed by atoms with Crippen LogP contribution in [0.15, 0.2) is 36.7 Å². The summed E-state index contributed by atoms with van der Waals surface area (Å²) >= 11 is 0. The van der Waals surface area contributed by atoms with E-state index in [0.717, 1.165) is 16.9 Å². The van der Waals surface area contributed by atoms with Crippen molar-refractivity contribution in [3.05, 3.63) is 47.8 Å². The molecule has 1 aromatic carbocycles. The van der Waals surface area contributed by atoms with Gasteiger partial charge in [-0.2, -0.15) is 5.10 Å². The van der Waals surface area contributed by atoms with Crippen LogP contribution in [0.3, 0.4) is 0 Å². The van der Waals surface area contributed by atoms with Crippen molar-refractivity contribution in [1.29, 1.82) is 0 Å². The van der Waals surface area contributed by atoms with Gasteiger partial charge < -0.3 is 9.84 Å². The number of aryl methyl sites for hydroxylation is 1. The fourth-order valence-electron chi connectivity index (χ4n) is 1.56. The fourth-order valence-corrected chi connectivity index (χ4v) is 1.56. The SMILES string of the molecule is CC(O)c1ccc(OCc2cnn(C)c2)cc1. The van der Waals surface area contributed by atoms with Gasteiger partial charge in [0.15, 0.2) is 0 Å². The van der Waals surface area contributed by atoms with Gasteiger partial charge in [-0.05, 0) is 24.6 Å². The maximum atomic E-state index is 9.37. The van der Waals surface area contributed by atoms with E-state index in [9.17, 15) is 5.11 Å². The smallest absolute Gasteiger partial charge is 0.119 e. The number of aliphatic hydroxyl groups excluding tert-OH is 1. The minimum Gasteiger partial charge on any atom is -0.489 e. The summed E-state index contributed by atoms with van der Waals surface area (Å²) in [6.07, 6.45) is 3.26. The van der Waals surface area contributed by atoms with Gasteiger partial charge in [-0.25, -0.2) is 0 Å². The van der Waals surface area contributed by atoms with Gasteiger partial charge in [0.2, 0.25) is 0 Å². The highest BCUT2D eigenvalue weighted by atomic mass is 16.5. The number of aromatic nitrogens is 2. The molecule has 0 saturated heterocycles. The van der Waals surface area contributed by atoms with Crippen LogP contribution in [-0.2, 0) is 13.7 Å². The molecule has 0 saturated carbocycles. The summed E-state index contributed by atoms with van der Waals surface area (Å²) in [5, 5.41) is 13.4. The number of hydrogen-bond donors (Lipinski definition) is 1. The Morgan fingerprint density at radius 2 is 2.06 bits per heavy atom. The third kappa shape index (κ3) is 3.07. The standard InChI is InChI=1S/C13H16N2O2/c1-10(16)12-3-5-13(6-4-12)17-9-11-7-14-15(2)8-11/h3-8,10,16H,9H2,1-2H3. The quantitative estimate of drug-likeness (QED) is 0.877. The zero-order valence-corrected chi connectivity index (χ0v) is 10.00. The molecule has 1 N–H and O–H groups in total. The normalized spacial score (nSPS) is 12.4. The maximum Gasteiger partial charge on any atom is 0.119 e. The Hall–Kier alpha value is -1.81. The second-order valence-electron chi connectivity index (χ2n) is 4.06. The molecule has 1 heterocycles. The molecule has 4 heteroatoms. The van der Waals surface area contributed by atoms with E-state index in [0.29, 0.717) is 6.61 Å². The molecule has 0 spiro atoms. The van der Waals surface area contributed by atoms with E-state index in [1.807, 2.05) is 37.5 Å². The second-order valence-corrected chi connectivity index (χ2v) is 4.06. The van der Waals surface area contributed by atoms with Crippen molar-refractivity contribution in [2.24, 2.45) is 7.05 Å². The first-order valence-electron chi connectivity index (χ1n) is 5.53. The molecule has 0 bridgehead atoms. The molecule has 1 aromatic heterocycles. The molecule has 0 radical (unpaired) electrons. The fraction of sp³-hybridized carbons (Fsp3) is 0.308. The third-order valence-corrected chi connectivity index (χ3v) is 2.53. The Balaban J connectivity index is 1.95. The minimum absolute atomic E-state index is 0.442. The zero-order chi connectivity index (χ0) is 12.3. The van der Waals surface area contributed by atoms with Crippen molar-refractivity contribution in [1.82, 2.24) is 9.78 Å². The first-order valence-corrected chi connectivity index (χ1v) is 5.53. The monoisotopic (exact) mass is 232 g/mol. The van der Waals surface area contributed by atoms with Crippen LogP contribution in [0, 0.1) is 0 Å². The summed E-state index contributed by atoms with van der Waals surface area (Å²) in [7, 11) is 1.88. The van der Waals surface area contributed by atoms with Crippen molar-refractivity contribution in [2.75, 3.05) is 0 Å². The molecule has 0 amide bonds. The highest BCUT2D eigenvalue weighted by molar-refractivity contribution is 5.28. The molecule has 0 aliphatic heterocycles. The highest BCUT2D eigenvalue weighted by Gasteiger charge is 2.01. The zero-order valence-electron chi connectivity index (χ0n) is 10.00. The first kappa shape index (κ1) is 11.7. The Morgan fingerprint density at radius 1 is 1.35 bits per heavy atom. The molecule has 2 rings (SSSR count). The molecule has 0 aliphatic carbocycles. The molecular weight excluding hydrogens is 216 g/mol. The van der Waals surface area contributed by atoms with Crippen LogP contribution in [0.4, 0.5) is 0 Å². The molecule has 4 nitrogen and oxygen atoms in total. The Morgan fingerprint density at radius 3 is 2.59 bits per heavy atom. The lowest BCUT2D eigenvalue weighted by atomic mass is 10.1. The van der Waals surface area contributed by atoms with Crippen LogP contribution in [0.2, 0.25) is 0 Å². The molecule has 17 heavy (non-hydrogen) atoms. The van der Waals surface area contributed by atoms with E-state index in [1.165, 1.54) is 0 Å². The van der Waals surface area contributed by atoms with E-state index in [-0.39, 0.29) is 0 Å². The summed E-state index contributed by atoms with van der Waals surface area (Å²) in [6.45, 7) is 2.24. The van der Waals surface area contributed by atoms with Gasteiger partial charge in [0.25, 0.3) is 0 Å². The topological polar surface area (TPSA) is 47.3 Å². The van der Waals surface area contributed by atoms with E-state index in [1.54, 1.807) is 17.8 Å². The van der Waals surface area contributed by atoms with Gasteiger partial charge in [-0.15, -0.1) is 0 Å². The van der Waals surface area contributed by atoms with Crippen molar-refractivity contribution >= 4 is 0 Å². The van der Waals surface area contributed by atoms with E-state index < -0.39 is 6.10 Å². The molecule has 2 aromatic rings. The van der Waals surface area contributed by atoms with Crippen LogP contribution in [0.5, 0.6) is 5.75 Å². The van der Waals surface area contributed by atoms with Crippen molar-refractivity contribution in [2.45, 2.75) is 19.6 Å². The van der Waals surface area contributed by atoms with Crippen LogP contribution in [-0.4, -0.2) is 14.9 Å². The van der Waals surface area contributed by atoms with Gasteiger partial charge in [0.05, 0.1) is 12.3 Å². The van der Waals surface area contributed by atoms with Gasteiger partial charge >= 0.3 is 0 Å². The highest BCUT2D eigenvalue weighted by Crippen LogP contribution is 2.18. The number of rotatable bonds is 4. The van der Waals surface area contributed by atoms with Crippen LogP contribution < -0.4 is 4.74 Å². The second kappa shape index (κ2) is 5.01. The van der Waals surface area contributed by atoms with E-state index >= 15 is 0 Å². The Bertz CT molecular complexity index is 474. The summed E-state index contributed by atoms with van der Waals surface area (Å²) in [4.78, 5) is 0. The molecular formula is C13H16N2O2. The summed E-state index contributed by atoms with van der Waals surface area (Å²) in [6, 6.07) is 7.45. The van der Waals surface area contributed by atoms with Crippen molar-refractivity contribution in [3.63, 3.8) is 0 Å². The largest absolute Gasteiger partial charge is 0.489 e. The number of benzene rings is 1. The number of aliphatic hydroxyl groups is 1. The number of hydrogen-bond acceptors (Lipinski definition) is 3. The molecule has 1 atom stereocenters. The summed E-state index contributed by atoms with van der Waals surface area (Å²) in [5.74, 6) is 0.790. The lowest BCUT2D eigenvalue weighted by molar-refractivity contribution is 0.199. The predicted molar refractivity (Wildman–Crippen MR) is 64.6 cm³/mol. The summed E-state index contributed by atoms with van der Waals surface area (Å²) < 4.78 is 7.35. The Kier molecular flexibility index (Phi) is 3.44. The molecule has 0 fully saturated rings. The average molecular weight is 232 g/mol. The minimum atomic E-state index is -0.442. The van der Waals surface area contributed by atoms with Gasteiger partial charge in [-0.1, -0.05) is 12.1 Å². The Labute approximate surface area is 100 Å². The van der Waals surface area contributed by atoms with E-state index in [2.05, 4.69) is 5.10 Å². The van der Waals surface area contributed by atoms with Gasteiger partial charge in [0.1, 0.15) is 12.4 Å². The van der Waals surface area contributed by atoms with Crippen molar-refractivity contribution < 1.29 is 9.84 Å². The lowest BCUT2D eigenvalue weighted by Crippen LogP contribution is -1.95. The van der Waals surface area contributed by atoms with Crippen LogP contribution >= 0.6 is 0 Å². The average Bonchev–Trinajstić information content (AvgIpc) is 2.73. The number of nitrogens with zero attached hydrogens (tertiary/aromatic N) is 2. The maximum absolute atomic E-state index is 9.37. The third-order valence-electron chi connectivity index (χ3n) is 2.53. The predicted octanol–water partition coefficient (Wildman–Crippen LogP) is 2.05.